The molecule has 21 heavy (non-hydrogen) atoms. The van der Waals surface area contributed by atoms with Gasteiger partial charge in [0.2, 0.25) is 5.91 Å². The first-order valence-corrected chi connectivity index (χ1v) is 7.52. The van der Waals surface area contributed by atoms with Crippen LogP contribution >= 0.6 is 12.4 Å². The van der Waals surface area contributed by atoms with E-state index in [2.05, 4.69) is 10.6 Å². The summed E-state index contributed by atoms with van der Waals surface area (Å²) in [5, 5.41) is 6.30. The lowest BCUT2D eigenvalue weighted by Gasteiger charge is -2.22. The van der Waals surface area contributed by atoms with Gasteiger partial charge in [-0.05, 0) is 57.3 Å². The number of para-hydroxylation sites is 2. The molecule has 1 amide bonds. The Morgan fingerprint density at radius 3 is 2.76 bits per heavy atom. The van der Waals surface area contributed by atoms with Gasteiger partial charge in [0, 0.05) is 6.42 Å². The molecule has 0 saturated carbocycles. The van der Waals surface area contributed by atoms with Gasteiger partial charge in [-0.1, -0.05) is 12.1 Å². The average Bonchev–Trinajstić information content (AvgIpc) is 2.49. The average molecular weight is 313 g/mol. The van der Waals surface area contributed by atoms with Crippen molar-refractivity contribution < 1.29 is 9.53 Å². The molecular formula is C16H25ClN2O2. The first-order valence-electron chi connectivity index (χ1n) is 7.52. The van der Waals surface area contributed by atoms with Gasteiger partial charge in [-0.15, -0.1) is 12.4 Å². The van der Waals surface area contributed by atoms with E-state index in [1.165, 1.54) is 12.8 Å². The molecule has 1 heterocycles. The highest BCUT2D eigenvalue weighted by molar-refractivity contribution is 5.92. The summed E-state index contributed by atoms with van der Waals surface area (Å²) in [6.45, 7) is 4.70. The Bertz CT molecular complexity index is 434. The van der Waals surface area contributed by atoms with Crippen molar-refractivity contribution >= 4 is 24.0 Å². The summed E-state index contributed by atoms with van der Waals surface area (Å²) in [7, 11) is 0. The predicted molar refractivity (Wildman–Crippen MR) is 88.3 cm³/mol. The summed E-state index contributed by atoms with van der Waals surface area (Å²) in [6.07, 6.45) is 3.93. The molecule has 1 aliphatic rings. The Morgan fingerprint density at radius 2 is 2.05 bits per heavy atom. The molecule has 2 rings (SSSR count). The van der Waals surface area contributed by atoms with Crippen molar-refractivity contribution in [3.05, 3.63) is 24.3 Å². The number of carbonyl (C=O) groups excluding carboxylic acids is 1. The number of hydrogen-bond donors (Lipinski definition) is 2. The summed E-state index contributed by atoms with van der Waals surface area (Å²) in [6, 6.07) is 7.58. The van der Waals surface area contributed by atoms with Crippen LogP contribution in [0.15, 0.2) is 24.3 Å². The number of benzene rings is 1. The number of amides is 1. The summed E-state index contributed by atoms with van der Waals surface area (Å²) in [5.41, 5.74) is 0.768. The first kappa shape index (κ1) is 17.8. The molecule has 0 unspecified atom stereocenters. The van der Waals surface area contributed by atoms with Crippen molar-refractivity contribution in [2.45, 2.75) is 32.6 Å². The Kier molecular flexibility index (Phi) is 8.16. The van der Waals surface area contributed by atoms with Gasteiger partial charge in [0.05, 0.1) is 12.3 Å². The minimum Gasteiger partial charge on any atom is -0.492 e. The molecule has 1 fully saturated rings. The van der Waals surface area contributed by atoms with E-state index in [1.807, 2.05) is 31.2 Å². The molecule has 0 radical (unpaired) electrons. The fourth-order valence-electron chi connectivity index (χ4n) is 2.57. The highest BCUT2D eigenvalue weighted by Crippen LogP contribution is 2.24. The Hall–Kier alpha value is -1.26. The maximum atomic E-state index is 12.0. The van der Waals surface area contributed by atoms with Crippen molar-refractivity contribution in [1.29, 1.82) is 0 Å². The van der Waals surface area contributed by atoms with Crippen LogP contribution in [-0.2, 0) is 4.79 Å². The van der Waals surface area contributed by atoms with Gasteiger partial charge in [-0.2, -0.15) is 0 Å². The summed E-state index contributed by atoms with van der Waals surface area (Å²) < 4.78 is 5.51. The van der Waals surface area contributed by atoms with E-state index in [4.69, 9.17) is 4.74 Å². The number of anilines is 1. The molecule has 0 atom stereocenters. The van der Waals surface area contributed by atoms with Crippen LogP contribution in [0.25, 0.3) is 0 Å². The van der Waals surface area contributed by atoms with Crippen LogP contribution in [-0.4, -0.2) is 25.6 Å². The monoisotopic (exact) mass is 312 g/mol. The predicted octanol–water partition coefficient (Wildman–Crippen LogP) is 3.23. The maximum Gasteiger partial charge on any atom is 0.224 e. The Labute approximate surface area is 133 Å². The zero-order chi connectivity index (χ0) is 14.2. The quantitative estimate of drug-likeness (QED) is 0.848. The number of carbonyl (C=O) groups is 1. The van der Waals surface area contributed by atoms with E-state index in [-0.39, 0.29) is 18.3 Å². The maximum absolute atomic E-state index is 12.0. The second kappa shape index (κ2) is 9.64. The lowest BCUT2D eigenvalue weighted by Crippen LogP contribution is -2.28. The SMILES string of the molecule is CCOc1ccccc1NC(=O)CCC1CCNCC1.Cl. The minimum absolute atomic E-state index is 0. The zero-order valence-corrected chi connectivity index (χ0v) is 13.4. The molecule has 4 nitrogen and oxygen atoms in total. The molecule has 118 valence electrons. The van der Waals surface area contributed by atoms with Gasteiger partial charge >= 0.3 is 0 Å². The second-order valence-corrected chi connectivity index (χ2v) is 5.21. The number of ether oxygens (including phenoxy) is 1. The third kappa shape index (κ3) is 5.94. The van der Waals surface area contributed by atoms with Crippen molar-refractivity contribution in [2.75, 3.05) is 25.0 Å². The van der Waals surface area contributed by atoms with Crippen LogP contribution in [0.5, 0.6) is 5.75 Å². The molecule has 1 aromatic carbocycles. The van der Waals surface area contributed by atoms with Crippen LogP contribution in [0.4, 0.5) is 5.69 Å². The number of piperidine rings is 1. The highest BCUT2D eigenvalue weighted by Gasteiger charge is 2.15. The lowest BCUT2D eigenvalue weighted by atomic mass is 9.93. The van der Waals surface area contributed by atoms with Crippen molar-refractivity contribution in [3.63, 3.8) is 0 Å². The third-order valence-corrected chi connectivity index (χ3v) is 3.70. The zero-order valence-electron chi connectivity index (χ0n) is 12.6. The van der Waals surface area contributed by atoms with Crippen LogP contribution in [0.1, 0.15) is 32.6 Å². The molecular weight excluding hydrogens is 288 g/mol. The van der Waals surface area contributed by atoms with Gasteiger partial charge in [-0.25, -0.2) is 0 Å². The largest absolute Gasteiger partial charge is 0.492 e. The molecule has 1 saturated heterocycles. The fourth-order valence-corrected chi connectivity index (χ4v) is 2.57. The fraction of sp³-hybridized carbons (Fsp3) is 0.562. The van der Waals surface area contributed by atoms with E-state index < -0.39 is 0 Å². The molecule has 0 bridgehead atoms. The van der Waals surface area contributed by atoms with Gasteiger partial charge in [-0.3, -0.25) is 4.79 Å². The van der Waals surface area contributed by atoms with Gasteiger partial charge in [0.25, 0.3) is 0 Å². The summed E-state index contributed by atoms with van der Waals surface area (Å²) in [4.78, 5) is 12.0. The van der Waals surface area contributed by atoms with Crippen molar-refractivity contribution in [2.24, 2.45) is 5.92 Å². The smallest absolute Gasteiger partial charge is 0.224 e. The van der Waals surface area contributed by atoms with Gasteiger partial charge in [0.1, 0.15) is 5.75 Å². The number of nitrogens with one attached hydrogen (secondary N) is 2. The topological polar surface area (TPSA) is 50.4 Å². The van der Waals surface area contributed by atoms with E-state index in [0.29, 0.717) is 18.9 Å². The van der Waals surface area contributed by atoms with E-state index in [1.54, 1.807) is 0 Å². The van der Waals surface area contributed by atoms with Crippen LogP contribution in [0.2, 0.25) is 0 Å². The van der Waals surface area contributed by atoms with Gasteiger partial charge in [0.15, 0.2) is 0 Å². The lowest BCUT2D eigenvalue weighted by molar-refractivity contribution is -0.116. The molecule has 5 heteroatoms. The first-order chi connectivity index (χ1) is 9.79. The molecule has 0 spiro atoms. The van der Waals surface area contributed by atoms with Crippen molar-refractivity contribution in [3.8, 4) is 5.75 Å². The summed E-state index contributed by atoms with van der Waals surface area (Å²) >= 11 is 0. The number of halogens is 1. The van der Waals surface area contributed by atoms with E-state index in [0.717, 1.165) is 30.9 Å². The molecule has 0 aliphatic carbocycles. The number of rotatable bonds is 6. The van der Waals surface area contributed by atoms with Gasteiger partial charge < -0.3 is 15.4 Å². The van der Waals surface area contributed by atoms with E-state index in [9.17, 15) is 4.79 Å². The standard InChI is InChI=1S/C16H24N2O2.ClH/c1-2-20-15-6-4-3-5-14(15)18-16(19)8-7-13-9-11-17-12-10-13;/h3-6,13,17H,2,7-12H2,1H3,(H,18,19);1H. The van der Waals surface area contributed by atoms with E-state index >= 15 is 0 Å². The summed E-state index contributed by atoms with van der Waals surface area (Å²) in [5.74, 6) is 1.50. The third-order valence-electron chi connectivity index (χ3n) is 3.70. The highest BCUT2D eigenvalue weighted by atomic mass is 35.5. The molecule has 1 aromatic rings. The Morgan fingerprint density at radius 1 is 1.33 bits per heavy atom. The van der Waals surface area contributed by atoms with Crippen LogP contribution in [0.3, 0.4) is 0 Å². The van der Waals surface area contributed by atoms with Crippen LogP contribution in [0, 0.1) is 5.92 Å². The molecule has 2 N–H and O–H groups in total. The minimum atomic E-state index is 0. The molecule has 1 aliphatic heterocycles. The normalized spacial score (nSPS) is 15.1. The second-order valence-electron chi connectivity index (χ2n) is 5.21. The molecule has 0 aromatic heterocycles. The number of hydrogen-bond acceptors (Lipinski definition) is 3. The van der Waals surface area contributed by atoms with Crippen LogP contribution < -0.4 is 15.4 Å². The van der Waals surface area contributed by atoms with Crippen molar-refractivity contribution in [1.82, 2.24) is 5.32 Å². The Balaban J connectivity index is 0.00000220.